The van der Waals surface area contributed by atoms with Crippen molar-refractivity contribution in [1.82, 2.24) is 0 Å². The predicted octanol–water partition coefficient (Wildman–Crippen LogP) is 4.21. The first-order chi connectivity index (χ1) is 5.83. The van der Waals surface area contributed by atoms with E-state index in [1.54, 1.807) is 6.92 Å². The van der Waals surface area contributed by atoms with Crippen molar-refractivity contribution in [1.29, 1.82) is 0 Å². The Bertz CT molecular complexity index is 120. The van der Waals surface area contributed by atoms with Crippen LogP contribution in [0.1, 0.15) is 67.2 Å². The van der Waals surface area contributed by atoms with E-state index in [0.29, 0.717) is 5.41 Å². The lowest BCUT2D eigenvalue weighted by Crippen LogP contribution is -2.02. The summed E-state index contributed by atoms with van der Waals surface area (Å²) in [6.45, 7) is 12.7. The van der Waals surface area contributed by atoms with Crippen LogP contribution < -0.4 is 0 Å². The highest BCUT2D eigenvalue weighted by Crippen LogP contribution is 2.19. The number of carbonyl (C=O) groups excluding carboxylic acids is 1. The number of hydrogen-bond donors (Lipinski definition) is 0. The van der Waals surface area contributed by atoms with Gasteiger partial charge in [0.05, 0.1) is 0 Å². The van der Waals surface area contributed by atoms with Gasteiger partial charge in [-0.25, -0.2) is 0 Å². The van der Waals surface area contributed by atoms with Gasteiger partial charge in [0.25, 0.3) is 0 Å². The molecule has 0 fully saturated rings. The molecule has 0 spiro atoms. The SMILES string of the molecule is CCCC(C)(C)C.CCCC(C)=O. The van der Waals surface area contributed by atoms with Gasteiger partial charge in [0.2, 0.25) is 0 Å². The van der Waals surface area contributed by atoms with E-state index in [9.17, 15) is 4.79 Å². The maximum atomic E-state index is 10.0. The Morgan fingerprint density at radius 1 is 1.08 bits per heavy atom. The molecule has 0 atom stereocenters. The molecule has 0 aliphatic carbocycles. The minimum Gasteiger partial charge on any atom is -0.300 e. The van der Waals surface area contributed by atoms with Crippen molar-refractivity contribution in [3.63, 3.8) is 0 Å². The summed E-state index contributed by atoms with van der Waals surface area (Å²) < 4.78 is 0. The summed E-state index contributed by atoms with van der Waals surface area (Å²) >= 11 is 0. The Hall–Kier alpha value is -0.330. The Kier molecular flexibility index (Phi) is 9.65. The normalized spacial score (nSPS) is 10.3. The standard InChI is InChI=1S/C7H16.C5H10O/c1-5-6-7(2,3)4;1-3-4-5(2)6/h5-6H2,1-4H3;3-4H2,1-2H3. The maximum Gasteiger partial charge on any atom is 0.129 e. The van der Waals surface area contributed by atoms with Crippen molar-refractivity contribution in [2.75, 3.05) is 0 Å². The molecule has 0 saturated heterocycles. The van der Waals surface area contributed by atoms with Crippen molar-refractivity contribution in [2.45, 2.75) is 67.2 Å². The fourth-order valence-electron chi connectivity index (χ4n) is 1.10. The van der Waals surface area contributed by atoms with E-state index < -0.39 is 0 Å². The van der Waals surface area contributed by atoms with Gasteiger partial charge in [-0.15, -0.1) is 0 Å². The minimum atomic E-state index is 0.289. The van der Waals surface area contributed by atoms with Crippen LogP contribution in [0.3, 0.4) is 0 Å². The smallest absolute Gasteiger partial charge is 0.129 e. The van der Waals surface area contributed by atoms with E-state index in [0.717, 1.165) is 12.8 Å². The summed E-state index contributed by atoms with van der Waals surface area (Å²) in [6.07, 6.45) is 4.37. The average molecular weight is 186 g/mol. The fraction of sp³-hybridized carbons (Fsp3) is 0.917. The third-order valence-corrected chi connectivity index (χ3v) is 1.60. The molecule has 0 aromatic heterocycles. The van der Waals surface area contributed by atoms with Crippen LogP contribution in [-0.4, -0.2) is 5.78 Å². The van der Waals surface area contributed by atoms with Gasteiger partial charge in [0, 0.05) is 6.42 Å². The third-order valence-electron chi connectivity index (χ3n) is 1.60. The number of rotatable bonds is 3. The first-order valence-electron chi connectivity index (χ1n) is 5.33. The molecule has 0 heterocycles. The topological polar surface area (TPSA) is 17.1 Å². The van der Waals surface area contributed by atoms with Gasteiger partial charge in [-0.3, -0.25) is 0 Å². The first kappa shape index (κ1) is 15.2. The first-order valence-corrected chi connectivity index (χ1v) is 5.33. The molecule has 0 unspecified atom stereocenters. The van der Waals surface area contributed by atoms with Crippen LogP contribution in [0.5, 0.6) is 0 Å². The van der Waals surface area contributed by atoms with Gasteiger partial charge >= 0.3 is 0 Å². The number of carbonyl (C=O) groups is 1. The van der Waals surface area contributed by atoms with Gasteiger partial charge < -0.3 is 4.79 Å². The van der Waals surface area contributed by atoms with Crippen LogP contribution >= 0.6 is 0 Å². The van der Waals surface area contributed by atoms with Crippen molar-refractivity contribution in [3.8, 4) is 0 Å². The van der Waals surface area contributed by atoms with E-state index in [4.69, 9.17) is 0 Å². The van der Waals surface area contributed by atoms with E-state index in [2.05, 4.69) is 27.7 Å². The zero-order chi connectivity index (χ0) is 10.9. The van der Waals surface area contributed by atoms with Crippen LogP contribution in [0.15, 0.2) is 0 Å². The third kappa shape index (κ3) is 24.5. The Morgan fingerprint density at radius 2 is 1.54 bits per heavy atom. The Balaban J connectivity index is 0. The van der Waals surface area contributed by atoms with E-state index >= 15 is 0 Å². The number of hydrogen-bond acceptors (Lipinski definition) is 1. The van der Waals surface area contributed by atoms with Gasteiger partial charge in [0.1, 0.15) is 5.78 Å². The van der Waals surface area contributed by atoms with Crippen LogP contribution in [0.2, 0.25) is 0 Å². The molecule has 0 aromatic rings. The molecule has 0 aliphatic heterocycles. The molecule has 13 heavy (non-hydrogen) atoms. The van der Waals surface area contributed by atoms with Gasteiger partial charge in [-0.1, -0.05) is 41.0 Å². The highest BCUT2D eigenvalue weighted by atomic mass is 16.1. The summed E-state index contributed by atoms with van der Waals surface area (Å²) in [4.78, 5) is 10.0. The van der Waals surface area contributed by atoms with Gasteiger partial charge in [-0.2, -0.15) is 0 Å². The number of ketones is 1. The van der Waals surface area contributed by atoms with Crippen molar-refractivity contribution < 1.29 is 4.79 Å². The van der Waals surface area contributed by atoms with E-state index in [-0.39, 0.29) is 5.78 Å². The van der Waals surface area contributed by atoms with Crippen LogP contribution in [0.4, 0.5) is 0 Å². The summed E-state index contributed by atoms with van der Waals surface area (Å²) in [5.41, 5.74) is 0.550. The lowest BCUT2D eigenvalue weighted by Gasteiger charge is -2.15. The van der Waals surface area contributed by atoms with E-state index in [1.165, 1.54) is 12.8 Å². The number of Topliss-reactive ketones (excluding diaryl/α,β-unsaturated/α-hetero) is 1. The van der Waals surface area contributed by atoms with Gasteiger partial charge in [-0.05, 0) is 25.2 Å². The molecule has 0 radical (unpaired) electrons. The second kappa shape index (κ2) is 8.28. The van der Waals surface area contributed by atoms with Crippen molar-refractivity contribution >= 4 is 5.78 Å². The predicted molar refractivity (Wildman–Crippen MR) is 60.0 cm³/mol. The Labute approximate surface area is 83.9 Å². The lowest BCUT2D eigenvalue weighted by atomic mass is 9.91. The molecular formula is C12H26O. The zero-order valence-corrected chi connectivity index (χ0v) is 10.2. The average Bonchev–Trinajstić information content (AvgIpc) is 1.84. The van der Waals surface area contributed by atoms with Crippen molar-refractivity contribution in [3.05, 3.63) is 0 Å². The van der Waals surface area contributed by atoms with E-state index in [1.807, 2.05) is 6.92 Å². The highest BCUT2D eigenvalue weighted by Gasteiger charge is 2.06. The molecule has 0 amide bonds. The molecular weight excluding hydrogens is 160 g/mol. The molecule has 0 bridgehead atoms. The maximum absolute atomic E-state index is 10.0. The quantitative estimate of drug-likeness (QED) is 0.645. The second-order valence-electron chi connectivity index (χ2n) is 4.76. The second-order valence-corrected chi connectivity index (χ2v) is 4.76. The summed E-state index contributed by atoms with van der Waals surface area (Å²) in [5, 5.41) is 0. The van der Waals surface area contributed by atoms with Crippen LogP contribution in [0, 0.1) is 5.41 Å². The monoisotopic (exact) mass is 186 g/mol. The highest BCUT2D eigenvalue weighted by molar-refractivity contribution is 5.75. The lowest BCUT2D eigenvalue weighted by molar-refractivity contribution is -0.117. The molecule has 1 nitrogen and oxygen atoms in total. The molecule has 80 valence electrons. The largest absolute Gasteiger partial charge is 0.300 e. The molecule has 0 aromatic carbocycles. The molecule has 0 N–H and O–H groups in total. The van der Waals surface area contributed by atoms with Gasteiger partial charge in [0.15, 0.2) is 0 Å². The van der Waals surface area contributed by atoms with Crippen LogP contribution in [0.25, 0.3) is 0 Å². The minimum absolute atomic E-state index is 0.289. The summed E-state index contributed by atoms with van der Waals surface area (Å²) in [7, 11) is 0. The molecule has 1 heteroatoms. The van der Waals surface area contributed by atoms with Crippen molar-refractivity contribution in [2.24, 2.45) is 5.41 Å². The Morgan fingerprint density at radius 3 is 1.54 bits per heavy atom. The van der Waals surface area contributed by atoms with Crippen LogP contribution in [-0.2, 0) is 4.79 Å². The summed E-state index contributed by atoms with van der Waals surface area (Å²) in [5.74, 6) is 0.289. The molecule has 0 aliphatic rings. The zero-order valence-electron chi connectivity index (χ0n) is 10.2. The molecule has 0 saturated carbocycles. The molecule has 0 rings (SSSR count). The summed E-state index contributed by atoms with van der Waals surface area (Å²) in [6, 6.07) is 0. The fourth-order valence-corrected chi connectivity index (χ4v) is 1.10.